The minimum absolute atomic E-state index is 0.109. The molecule has 6 nitrogen and oxygen atoms in total. The molecule has 2 rings (SSSR count). The van der Waals surface area contributed by atoms with Crippen LogP contribution in [0, 0.1) is 0 Å². The summed E-state index contributed by atoms with van der Waals surface area (Å²) in [7, 11) is 1.57. The molecule has 0 radical (unpaired) electrons. The maximum atomic E-state index is 11.8. The molecule has 0 aromatic heterocycles. The predicted molar refractivity (Wildman–Crippen MR) is 86.7 cm³/mol. The molecular weight excluding hydrogens is 282 g/mol. The van der Waals surface area contributed by atoms with E-state index in [0.29, 0.717) is 18.0 Å². The number of amides is 1. The average Bonchev–Trinajstić information content (AvgIpc) is 2.54. The van der Waals surface area contributed by atoms with E-state index >= 15 is 0 Å². The van der Waals surface area contributed by atoms with Gasteiger partial charge in [-0.25, -0.2) is 0 Å². The summed E-state index contributed by atoms with van der Waals surface area (Å²) in [5.41, 5.74) is 7.24. The van der Waals surface area contributed by atoms with Gasteiger partial charge >= 0.3 is 0 Å². The molecule has 0 bridgehead atoms. The number of carbonyl (C=O) groups is 1. The first-order valence-electron chi connectivity index (χ1n) is 7.38. The Hall–Kier alpha value is -2.05. The van der Waals surface area contributed by atoms with Crippen molar-refractivity contribution in [2.45, 2.75) is 0 Å². The zero-order chi connectivity index (χ0) is 15.8. The molecule has 0 saturated carbocycles. The Kier molecular flexibility index (Phi) is 6.24. The first-order valence-corrected chi connectivity index (χ1v) is 7.38. The van der Waals surface area contributed by atoms with Crippen molar-refractivity contribution in [1.29, 1.82) is 0 Å². The quantitative estimate of drug-likeness (QED) is 0.599. The lowest BCUT2D eigenvalue weighted by Crippen LogP contribution is -2.41. The Bertz CT molecular complexity index is 525. The highest BCUT2D eigenvalue weighted by Crippen LogP contribution is 2.22. The third-order valence-corrected chi connectivity index (χ3v) is 3.51. The van der Waals surface area contributed by atoms with Gasteiger partial charge in [0.05, 0.1) is 26.0 Å². The molecule has 1 aromatic carbocycles. The normalized spacial score (nSPS) is 15.9. The molecule has 3 N–H and O–H groups in total. The summed E-state index contributed by atoms with van der Waals surface area (Å²) in [5, 5.41) is 2.87. The van der Waals surface area contributed by atoms with Crippen molar-refractivity contribution in [2.24, 2.45) is 0 Å². The number of ether oxygens (including phenoxy) is 2. The van der Waals surface area contributed by atoms with Gasteiger partial charge < -0.3 is 20.5 Å². The molecule has 1 heterocycles. The molecule has 1 aliphatic rings. The summed E-state index contributed by atoms with van der Waals surface area (Å²) in [6, 6.07) is 5.41. The van der Waals surface area contributed by atoms with Crippen LogP contribution in [0.1, 0.15) is 5.56 Å². The SMILES string of the molecule is COc1ccc(/C=C/C(=O)NCCN2CCOCC2)cc1N. The zero-order valence-corrected chi connectivity index (χ0v) is 12.9. The van der Waals surface area contributed by atoms with Crippen LogP contribution in [0.25, 0.3) is 6.08 Å². The van der Waals surface area contributed by atoms with Gasteiger partial charge in [-0.2, -0.15) is 0 Å². The second kappa shape index (κ2) is 8.41. The van der Waals surface area contributed by atoms with Crippen LogP contribution >= 0.6 is 0 Å². The molecule has 0 aliphatic carbocycles. The largest absolute Gasteiger partial charge is 0.495 e. The van der Waals surface area contributed by atoms with E-state index in [1.54, 1.807) is 25.3 Å². The van der Waals surface area contributed by atoms with Crippen LogP contribution < -0.4 is 15.8 Å². The summed E-state index contributed by atoms with van der Waals surface area (Å²) >= 11 is 0. The van der Waals surface area contributed by atoms with E-state index in [1.807, 2.05) is 6.07 Å². The van der Waals surface area contributed by atoms with E-state index < -0.39 is 0 Å². The maximum absolute atomic E-state index is 11.8. The Labute approximate surface area is 130 Å². The van der Waals surface area contributed by atoms with Gasteiger partial charge in [0, 0.05) is 32.3 Å². The Morgan fingerprint density at radius 3 is 2.91 bits per heavy atom. The summed E-state index contributed by atoms with van der Waals surface area (Å²) in [5.74, 6) is 0.523. The van der Waals surface area contributed by atoms with E-state index in [2.05, 4.69) is 10.2 Å². The van der Waals surface area contributed by atoms with E-state index in [0.717, 1.165) is 38.4 Å². The van der Waals surface area contributed by atoms with Gasteiger partial charge in [0.15, 0.2) is 0 Å². The van der Waals surface area contributed by atoms with Crippen molar-refractivity contribution >= 4 is 17.7 Å². The van der Waals surface area contributed by atoms with Gasteiger partial charge in [-0.15, -0.1) is 0 Å². The number of hydrogen-bond donors (Lipinski definition) is 2. The first-order chi connectivity index (χ1) is 10.7. The lowest BCUT2D eigenvalue weighted by molar-refractivity contribution is -0.116. The van der Waals surface area contributed by atoms with Crippen LogP contribution in [-0.2, 0) is 9.53 Å². The minimum Gasteiger partial charge on any atom is -0.495 e. The van der Waals surface area contributed by atoms with E-state index in [-0.39, 0.29) is 5.91 Å². The highest BCUT2D eigenvalue weighted by atomic mass is 16.5. The zero-order valence-electron chi connectivity index (χ0n) is 12.9. The van der Waals surface area contributed by atoms with E-state index in [4.69, 9.17) is 15.2 Å². The van der Waals surface area contributed by atoms with Crippen LogP contribution in [-0.4, -0.2) is 57.3 Å². The molecule has 6 heteroatoms. The second-order valence-corrected chi connectivity index (χ2v) is 5.08. The molecule has 1 fully saturated rings. The summed E-state index contributed by atoms with van der Waals surface area (Å²) in [4.78, 5) is 14.0. The smallest absolute Gasteiger partial charge is 0.244 e. The van der Waals surface area contributed by atoms with Crippen molar-refractivity contribution in [3.05, 3.63) is 29.8 Å². The first kappa shape index (κ1) is 16.3. The molecule has 1 aromatic rings. The number of rotatable bonds is 6. The molecule has 0 atom stereocenters. The maximum Gasteiger partial charge on any atom is 0.244 e. The summed E-state index contributed by atoms with van der Waals surface area (Å²) in [6.45, 7) is 4.87. The molecule has 1 amide bonds. The number of morpholine rings is 1. The van der Waals surface area contributed by atoms with Crippen LogP contribution in [0.5, 0.6) is 5.75 Å². The molecule has 1 saturated heterocycles. The van der Waals surface area contributed by atoms with Crippen LogP contribution in [0.15, 0.2) is 24.3 Å². The van der Waals surface area contributed by atoms with Crippen LogP contribution in [0.2, 0.25) is 0 Å². The van der Waals surface area contributed by atoms with E-state index in [1.165, 1.54) is 6.08 Å². The number of carbonyl (C=O) groups excluding carboxylic acids is 1. The number of nitrogens with one attached hydrogen (secondary N) is 1. The number of nitrogens with zero attached hydrogens (tertiary/aromatic N) is 1. The number of methoxy groups -OCH3 is 1. The highest BCUT2D eigenvalue weighted by molar-refractivity contribution is 5.91. The molecular formula is C16H23N3O3. The summed E-state index contributed by atoms with van der Waals surface area (Å²) in [6.07, 6.45) is 3.25. The van der Waals surface area contributed by atoms with Crippen LogP contribution in [0.3, 0.4) is 0 Å². The number of hydrogen-bond acceptors (Lipinski definition) is 5. The fourth-order valence-corrected chi connectivity index (χ4v) is 2.25. The molecule has 22 heavy (non-hydrogen) atoms. The van der Waals surface area contributed by atoms with Gasteiger partial charge in [-0.1, -0.05) is 6.07 Å². The summed E-state index contributed by atoms with van der Waals surface area (Å²) < 4.78 is 10.4. The van der Waals surface area contributed by atoms with Crippen molar-refractivity contribution < 1.29 is 14.3 Å². The van der Waals surface area contributed by atoms with Crippen molar-refractivity contribution in [1.82, 2.24) is 10.2 Å². The van der Waals surface area contributed by atoms with Gasteiger partial charge in [-0.05, 0) is 23.8 Å². The van der Waals surface area contributed by atoms with Gasteiger partial charge in [0.2, 0.25) is 5.91 Å². The average molecular weight is 305 g/mol. The van der Waals surface area contributed by atoms with Crippen molar-refractivity contribution in [3.8, 4) is 5.75 Å². The van der Waals surface area contributed by atoms with Crippen LogP contribution in [0.4, 0.5) is 5.69 Å². The second-order valence-electron chi connectivity index (χ2n) is 5.08. The standard InChI is InChI=1S/C16H23N3O3/c1-21-15-4-2-13(12-14(15)17)3-5-16(20)18-6-7-19-8-10-22-11-9-19/h2-5,12H,6-11,17H2,1H3,(H,18,20)/b5-3+. The van der Waals surface area contributed by atoms with Gasteiger partial charge in [-0.3, -0.25) is 9.69 Å². The Morgan fingerprint density at radius 1 is 1.45 bits per heavy atom. The Balaban J connectivity index is 1.75. The third kappa shape index (κ3) is 5.05. The fourth-order valence-electron chi connectivity index (χ4n) is 2.25. The predicted octanol–water partition coefficient (Wildman–Crippen LogP) is 0.739. The van der Waals surface area contributed by atoms with Gasteiger partial charge in [0.1, 0.15) is 5.75 Å². The lowest BCUT2D eigenvalue weighted by Gasteiger charge is -2.26. The lowest BCUT2D eigenvalue weighted by atomic mass is 10.1. The highest BCUT2D eigenvalue weighted by Gasteiger charge is 2.09. The molecule has 0 unspecified atom stereocenters. The number of anilines is 1. The topological polar surface area (TPSA) is 76.8 Å². The number of nitrogens with two attached hydrogens (primary N) is 1. The molecule has 120 valence electrons. The van der Waals surface area contributed by atoms with Crippen molar-refractivity contribution in [3.63, 3.8) is 0 Å². The van der Waals surface area contributed by atoms with Gasteiger partial charge in [0.25, 0.3) is 0 Å². The third-order valence-electron chi connectivity index (χ3n) is 3.51. The van der Waals surface area contributed by atoms with Crippen molar-refractivity contribution in [2.75, 3.05) is 52.2 Å². The number of benzene rings is 1. The Morgan fingerprint density at radius 2 is 2.23 bits per heavy atom. The molecule has 1 aliphatic heterocycles. The fraction of sp³-hybridized carbons (Fsp3) is 0.438. The molecule has 0 spiro atoms. The minimum atomic E-state index is -0.109. The number of nitrogen functional groups attached to an aromatic ring is 1. The van der Waals surface area contributed by atoms with E-state index in [9.17, 15) is 4.79 Å². The monoisotopic (exact) mass is 305 g/mol.